The van der Waals surface area contributed by atoms with Crippen LogP contribution in [0.5, 0.6) is 0 Å². The minimum Gasteiger partial charge on any atom is -0.389 e. The Bertz CT molecular complexity index is 612. The minimum atomic E-state index is -0.803. The van der Waals surface area contributed by atoms with Crippen LogP contribution in [0.15, 0.2) is 41.7 Å². The maximum atomic E-state index is 13.4. The smallest absolute Gasteiger partial charge is 0.176 e. The van der Waals surface area contributed by atoms with Crippen LogP contribution in [0.25, 0.3) is 0 Å². The summed E-state index contributed by atoms with van der Waals surface area (Å²) in [6.45, 7) is 0.0565. The predicted molar refractivity (Wildman–Crippen MR) is 71.1 cm³/mol. The molecule has 104 valence electrons. The Morgan fingerprint density at radius 3 is 2.55 bits per heavy atom. The van der Waals surface area contributed by atoms with E-state index in [4.69, 9.17) is 22.2 Å². The largest absolute Gasteiger partial charge is 0.389 e. The Labute approximate surface area is 118 Å². The van der Waals surface area contributed by atoms with Crippen molar-refractivity contribution in [2.24, 2.45) is 10.9 Å². The first-order valence-corrected chi connectivity index (χ1v) is 5.96. The van der Waals surface area contributed by atoms with Gasteiger partial charge >= 0.3 is 0 Å². The fourth-order valence-corrected chi connectivity index (χ4v) is 1.57. The van der Waals surface area contributed by atoms with Crippen LogP contribution in [0.1, 0.15) is 11.1 Å². The average Bonchev–Trinajstić information content (AvgIpc) is 2.41. The standard InChI is InChI=1S/C13H10ClF2N3O/c14-11-5-4-8(6-18-11)7-20-19-13(17)12-9(15)2-1-3-10(12)16/h1-6H,7H2,(H2,17,19). The van der Waals surface area contributed by atoms with Crippen LogP contribution >= 0.6 is 11.6 Å². The molecule has 1 aromatic carbocycles. The SMILES string of the molecule is NC(=NOCc1ccc(Cl)nc1)c1c(F)cccc1F. The van der Waals surface area contributed by atoms with Crippen LogP contribution in [0.2, 0.25) is 5.15 Å². The molecule has 2 N–H and O–H groups in total. The van der Waals surface area contributed by atoms with Gasteiger partial charge in [-0.1, -0.05) is 28.9 Å². The number of aromatic nitrogens is 1. The first kappa shape index (κ1) is 14.2. The van der Waals surface area contributed by atoms with Crippen molar-refractivity contribution in [2.45, 2.75) is 6.61 Å². The highest BCUT2D eigenvalue weighted by Crippen LogP contribution is 2.12. The first-order valence-electron chi connectivity index (χ1n) is 5.58. The van der Waals surface area contributed by atoms with Gasteiger partial charge in [-0.15, -0.1) is 0 Å². The summed E-state index contributed by atoms with van der Waals surface area (Å²) in [6, 6.07) is 6.68. The number of nitrogens with two attached hydrogens (primary N) is 1. The van der Waals surface area contributed by atoms with Gasteiger partial charge in [0.25, 0.3) is 0 Å². The van der Waals surface area contributed by atoms with Crippen LogP contribution in [-0.2, 0) is 11.4 Å². The number of pyridine rings is 1. The molecule has 0 aliphatic carbocycles. The number of nitrogens with zero attached hydrogens (tertiary/aromatic N) is 2. The van der Waals surface area contributed by atoms with Crippen molar-refractivity contribution in [3.05, 3.63) is 64.4 Å². The Morgan fingerprint density at radius 2 is 1.95 bits per heavy atom. The van der Waals surface area contributed by atoms with Crippen molar-refractivity contribution in [3.63, 3.8) is 0 Å². The van der Waals surface area contributed by atoms with E-state index in [0.29, 0.717) is 10.7 Å². The molecule has 1 heterocycles. The molecule has 4 nitrogen and oxygen atoms in total. The highest BCUT2D eigenvalue weighted by molar-refractivity contribution is 6.29. The molecule has 0 spiro atoms. The normalized spacial score (nSPS) is 11.4. The number of halogens is 3. The van der Waals surface area contributed by atoms with Gasteiger partial charge in [-0.05, 0) is 18.2 Å². The number of hydrogen-bond acceptors (Lipinski definition) is 3. The van der Waals surface area contributed by atoms with Crippen LogP contribution < -0.4 is 5.73 Å². The number of benzene rings is 1. The third-order valence-corrected chi connectivity index (χ3v) is 2.63. The second-order valence-electron chi connectivity index (χ2n) is 3.84. The lowest BCUT2D eigenvalue weighted by Crippen LogP contribution is -2.17. The van der Waals surface area contributed by atoms with Crippen molar-refractivity contribution in [1.29, 1.82) is 0 Å². The van der Waals surface area contributed by atoms with E-state index in [1.54, 1.807) is 12.1 Å². The number of oxime groups is 1. The number of hydrogen-bond donors (Lipinski definition) is 1. The van der Waals surface area contributed by atoms with Gasteiger partial charge < -0.3 is 10.6 Å². The summed E-state index contributed by atoms with van der Waals surface area (Å²) in [5.41, 5.74) is 5.77. The van der Waals surface area contributed by atoms with Gasteiger partial charge in [0, 0.05) is 11.8 Å². The van der Waals surface area contributed by atoms with Crippen LogP contribution in [0.3, 0.4) is 0 Å². The molecule has 20 heavy (non-hydrogen) atoms. The zero-order chi connectivity index (χ0) is 14.5. The van der Waals surface area contributed by atoms with E-state index in [2.05, 4.69) is 10.1 Å². The Hall–Kier alpha value is -2.21. The van der Waals surface area contributed by atoms with Crippen molar-refractivity contribution in [1.82, 2.24) is 4.98 Å². The minimum absolute atomic E-state index is 0.0565. The Kier molecular flexibility index (Phi) is 4.47. The lowest BCUT2D eigenvalue weighted by atomic mass is 10.2. The second-order valence-corrected chi connectivity index (χ2v) is 4.22. The predicted octanol–water partition coefficient (Wildman–Crippen LogP) is 2.85. The summed E-state index contributed by atoms with van der Waals surface area (Å²) < 4.78 is 26.8. The van der Waals surface area contributed by atoms with Gasteiger partial charge in [0.2, 0.25) is 0 Å². The Balaban J connectivity index is 2.06. The molecule has 7 heteroatoms. The number of rotatable bonds is 4. The van der Waals surface area contributed by atoms with E-state index in [9.17, 15) is 8.78 Å². The summed E-state index contributed by atoms with van der Waals surface area (Å²) in [7, 11) is 0. The van der Waals surface area contributed by atoms with E-state index in [-0.39, 0.29) is 12.4 Å². The van der Waals surface area contributed by atoms with E-state index >= 15 is 0 Å². The molecule has 0 aliphatic heterocycles. The monoisotopic (exact) mass is 297 g/mol. The maximum absolute atomic E-state index is 13.4. The average molecular weight is 298 g/mol. The fraction of sp³-hybridized carbons (Fsp3) is 0.0769. The fourth-order valence-electron chi connectivity index (χ4n) is 1.46. The van der Waals surface area contributed by atoms with Crippen LogP contribution in [-0.4, -0.2) is 10.8 Å². The zero-order valence-electron chi connectivity index (χ0n) is 10.2. The lowest BCUT2D eigenvalue weighted by Gasteiger charge is -2.04. The molecule has 0 radical (unpaired) electrons. The third-order valence-electron chi connectivity index (χ3n) is 2.40. The maximum Gasteiger partial charge on any atom is 0.176 e. The molecule has 0 bridgehead atoms. The topological polar surface area (TPSA) is 60.5 Å². The molecule has 0 aliphatic rings. The molecule has 2 rings (SSSR count). The molecule has 0 unspecified atom stereocenters. The van der Waals surface area contributed by atoms with Gasteiger partial charge in [-0.3, -0.25) is 0 Å². The molecule has 0 fully saturated rings. The molecular weight excluding hydrogens is 288 g/mol. The molecule has 0 saturated carbocycles. The number of amidine groups is 1. The van der Waals surface area contributed by atoms with E-state index < -0.39 is 17.2 Å². The van der Waals surface area contributed by atoms with Gasteiger partial charge in [0.1, 0.15) is 23.4 Å². The van der Waals surface area contributed by atoms with Gasteiger partial charge in [0.05, 0.1) is 5.56 Å². The highest BCUT2D eigenvalue weighted by atomic mass is 35.5. The molecular formula is C13H10ClF2N3O. The van der Waals surface area contributed by atoms with Crippen molar-refractivity contribution in [3.8, 4) is 0 Å². The Morgan fingerprint density at radius 1 is 1.25 bits per heavy atom. The highest BCUT2D eigenvalue weighted by Gasteiger charge is 2.12. The van der Waals surface area contributed by atoms with Crippen LogP contribution in [0.4, 0.5) is 8.78 Å². The van der Waals surface area contributed by atoms with E-state index in [0.717, 1.165) is 12.1 Å². The second kappa shape index (κ2) is 6.29. The van der Waals surface area contributed by atoms with Crippen molar-refractivity contribution in [2.75, 3.05) is 0 Å². The van der Waals surface area contributed by atoms with Gasteiger partial charge in [-0.2, -0.15) is 0 Å². The first-order chi connectivity index (χ1) is 9.58. The lowest BCUT2D eigenvalue weighted by molar-refractivity contribution is 0.130. The molecule has 0 atom stereocenters. The van der Waals surface area contributed by atoms with Crippen molar-refractivity contribution >= 4 is 17.4 Å². The van der Waals surface area contributed by atoms with E-state index in [1.165, 1.54) is 12.3 Å². The molecule has 1 aromatic heterocycles. The van der Waals surface area contributed by atoms with E-state index in [1.807, 2.05) is 0 Å². The summed E-state index contributed by atoms with van der Waals surface area (Å²) in [4.78, 5) is 8.78. The zero-order valence-corrected chi connectivity index (χ0v) is 10.9. The quantitative estimate of drug-likeness (QED) is 0.408. The van der Waals surface area contributed by atoms with Crippen molar-refractivity contribution < 1.29 is 13.6 Å². The molecule has 0 saturated heterocycles. The van der Waals surface area contributed by atoms with Gasteiger partial charge in [-0.25, -0.2) is 13.8 Å². The molecule has 0 amide bonds. The summed E-state index contributed by atoms with van der Waals surface area (Å²) in [5, 5.41) is 3.84. The summed E-state index contributed by atoms with van der Waals surface area (Å²) >= 11 is 5.63. The summed E-state index contributed by atoms with van der Waals surface area (Å²) in [5.74, 6) is -1.98. The van der Waals surface area contributed by atoms with Gasteiger partial charge in [0.15, 0.2) is 5.84 Å². The summed E-state index contributed by atoms with van der Waals surface area (Å²) in [6.07, 6.45) is 1.50. The molecule has 2 aromatic rings. The third kappa shape index (κ3) is 3.42. The van der Waals surface area contributed by atoms with Crippen LogP contribution in [0, 0.1) is 11.6 Å².